The Hall–Kier alpha value is -1.36. The van der Waals surface area contributed by atoms with Crippen molar-refractivity contribution in [3.05, 3.63) is 33.1 Å². The van der Waals surface area contributed by atoms with Gasteiger partial charge in [-0.3, -0.25) is 9.59 Å². The lowest BCUT2D eigenvalue weighted by molar-refractivity contribution is 0.417. The molecule has 1 rings (SSSR count). The van der Waals surface area contributed by atoms with Crippen molar-refractivity contribution in [2.45, 2.75) is 33.4 Å². The van der Waals surface area contributed by atoms with Gasteiger partial charge in [0.05, 0.1) is 0 Å². The van der Waals surface area contributed by atoms with E-state index >= 15 is 0 Å². The molecule has 0 aliphatic rings. The predicted molar refractivity (Wildman–Crippen MR) is 68.2 cm³/mol. The first-order valence-electron chi connectivity index (χ1n) is 5.91. The predicted octanol–water partition coefficient (Wildman–Crippen LogP) is 0.181. The third kappa shape index (κ3) is 3.85. The molecule has 0 aromatic carbocycles. The largest absolute Gasteiger partial charge is 0.316 e. The zero-order chi connectivity index (χ0) is 13.0. The van der Waals surface area contributed by atoms with Gasteiger partial charge in [-0.1, -0.05) is 20.8 Å². The van der Waals surface area contributed by atoms with Gasteiger partial charge in [0, 0.05) is 32.0 Å². The van der Waals surface area contributed by atoms with Gasteiger partial charge in [-0.15, -0.1) is 0 Å². The molecule has 17 heavy (non-hydrogen) atoms. The maximum atomic E-state index is 11.7. The van der Waals surface area contributed by atoms with Crippen LogP contribution in [0.4, 0.5) is 0 Å². The summed E-state index contributed by atoms with van der Waals surface area (Å²) in [4.78, 5) is 23.1. The summed E-state index contributed by atoms with van der Waals surface area (Å²) in [6, 6.07) is 0.429. The molecule has 0 saturated heterocycles. The quantitative estimate of drug-likeness (QED) is 0.746. The van der Waals surface area contributed by atoms with Crippen LogP contribution in [0.1, 0.15) is 20.8 Å². The molecule has 5 heteroatoms. The Bertz CT molecular complexity index is 473. The zero-order valence-electron chi connectivity index (χ0n) is 10.9. The van der Waals surface area contributed by atoms with Crippen LogP contribution in [0.3, 0.4) is 0 Å². The maximum absolute atomic E-state index is 11.7. The molecule has 1 aromatic rings. The molecule has 1 unspecified atom stereocenters. The van der Waals surface area contributed by atoms with E-state index in [1.54, 1.807) is 19.4 Å². The summed E-state index contributed by atoms with van der Waals surface area (Å²) in [5.74, 6) is 0.308. The van der Waals surface area contributed by atoms with Crippen molar-refractivity contribution in [2.24, 2.45) is 13.0 Å². The summed E-state index contributed by atoms with van der Waals surface area (Å²) in [7, 11) is 1.58. The molecule has 1 atom stereocenters. The SMILES string of the molecule is CC(CNC(C)C)Cn1ccn(C)c(=O)c1=O. The van der Waals surface area contributed by atoms with Crippen molar-refractivity contribution in [1.82, 2.24) is 14.5 Å². The second-order valence-corrected chi connectivity index (χ2v) is 4.84. The number of nitrogens with one attached hydrogen (secondary N) is 1. The maximum Gasteiger partial charge on any atom is 0.316 e. The number of hydrogen-bond acceptors (Lipinski definition) is 3. The van der Waals surface area contributed by atoms with Crippen LogP contribution in [0.25, 0.3) is 0 Å². The molecule has 0 bridgehead atoms. The van der Waals surface area contributed by atoms with E-state index in [-0.39, 0.29) is 0 Å². The molecule has 0 spiro atoms. The van der Waals surface area contributed by atoms with Crippen LogP contribution in [-0.2, 0) is 13.6 Å². The summed E-state index contributed by atoms with van der Waals surface area (Å²) in [6.45, 7) is 7.61. The van der Waals surface area contributed by atoms with Crippen molar-refractivity contribution in [3.8, 4) is 0 Å². The van der Waals surface area contributed by atoms with E-state index in [2.05, 4.69) is 26.1 Å². The molecular weight excluding hydrogens is 218 g/mol. The summed E-state index contributed by atoms with van der Waals surface area (Å²) in [5, 5.41) is 3.31. The van der Waals surface area contributed by atoms with Crippen LogP contribution in [0, 0.1) is 5.92 Å². The fourth-order valence-corrected chi connectivity index (χ4v) is 1.57. The van der Waals surface area contributed by atoms with Gasteiger partial charge in [0.25, 0.3) is 0 Å². The van der Waals surface area contributed by atoms with Crippen LogP contribution in [0.2, 0.25) is 0 Å². The number of rotatable bonds is 5. The Morgan fingerprint density at radius 3 is 2.41 bits per heavy atom. The standard InChI is InChI=1S/C12H21N3O2/c1-9(2)13-7-10(3)8-15-6-5-14(4)11(16)12(15)17/h5-6,9-10,13H,7-8H2,1-4H3. The number of aromatic nitrogens is 2. The van der Waals surface area contributed by atoms with E-state index < -0.39 is 11.1 Å². The Morgan fingerprint density at radius 1 is 1.18 bits per heavy atom. The van der Waals surface area contributed by atoms with Crippen LogP contribution >= 0.6 is 0 Å². The molecule has 96 valence electrons. The highest BCUT2D eigenvalue weighted by molar-refractivity contribution is 4.85. The van der Waals surface area contributed by atoms with Gasteiger partial charge in [-0.2, -0.15) is 0 Å². The van der Waals surface area contributed by atoms with Gasteiger partial charge in [-0.05, 0) is 12.5 Å². The van der Waals surface area contributed by atoms with E-state index in [1.807, 2.05) is 0 Å². The van der Waals surface area contributed by atoms with E-state index in [0.29, 0.717) is 18.5 Å². The molecule has 1 aromatic heterocycles. The second kappa shape index (κ2) is 5.82. The summed E-state index contributed by atoms with van der Waals surface area (Å²) in [5.41, 5.74) is -0.928. The van der Waals surface area contributed by atoms with Crippen molar-refractivity contribution in [2.75, 3.05) is 6.54 Å². The molecule has 5 nitrogen and oxygen atoms in total. The first-order valence-corrected chi connectivity index (χ1v) is 5.91. The molecule has 0 aliphatic carbocycles. The highest BCUT2D eigenvalue weighted by Gasteiger charge is 2.07. The number of hydrogen-bond donors (Lipinski definition) is 1. The van der Waals surface area contributed by atoms with Gasteiger partial charge in [-0.25, -0.2) is 0 Å². The summed E-state index contributed by atoms with van der Waals surface area (Å²) < 4.78 is 2.78. The smallest absolute Gasteiger partial charge is 0.314 e. The fraction of sp³-hybridized carbons (Fsp3) is 0.667. The normalized spacial score (nSPS) is 13.0. The Labute approximate surface area is 101 Å². The molecule has 0 fully saturated rings. The average Bonchev–Trinajstić information content (AvgIpc) is 2.27. The molecular formula is C12H21N3O2. The minimum Gasteiger partial charge on any atom is -0.314 e. The lowest BCUT2D eigenvalue weighted by Gasteiger charge is -2.16. The molecule has 0 radical (unpaired) electrons. The van der Waals surface area contributed by atoms with Gasteiger partial charge in [0.2, 0.25) is 0 Å². The highest BCUT2D eigenvalue weighted by atomic mass is 16.2. The highest BCUT2D eigenvalue weighted by Crippen LogP contribution is 1.96. The first-order chi connectivity index (χ1) is 7.91. The summed E-state index contributed by atoms with van der Waals surface area (Å²) in [6.07, 6.45) is 3.28. The third-order valence-electron chi connectivity index (χ3n) is 2.62. The Kier molecular flexibility index (Phi) is 4.69. The van der Waals surface area contributed by atoms with Crippen molar-refractivity contribution < 1.29 is 0 Å². The van der Waals surface area contributed by atoms with Crippen molar-refractivity contribution >= 4 is 0 Å². The van der Waals surface area contributed by atoms with Gasteiger partial charge < -0.3 is 14.5 Å². The van der Waals surface area contributed by atoms with E-state index in [9.17, 15) is 9.59 Å². The lowest BCUT2D eigenvalue weighted by Crippen LogP contribution is -2.41. The molecule has 1 heterocycles. The third-order valence-corrected chi connectivity index (χ3v) is 2.62. The van der Waals surface area contributed by atoms with E-state index in [4.69, 9.17) is 0 Å². The monoisotopic (exact) mass is 239 g/mol. The first kappa shape index (κ1) is 13.7. The summed E-state index contributed by atoms with van der Waals surface area (Å²) >= 11 is 0. The zero-order valence-corrected chi connectivity index (χ0v) is 10.9. The van der Waals surface area contributed by atoms with Crippen LogP contribution in [0.5, 0.6) is 0 Å². The van der Waals surface area contributed by atoms with Crippen molar-refractivity contribution in [1.29, 1.82) is 0 Å². The van der Waals surface area contributed by atoms with Gasteiger partial charge in [0.1, 0.15) is 0 Å². The Balaban J connectivity index is 2.73. The molecule has 0 saturated carbocycles. The molecule has 0 amide bonds. The average molecular weight is 239 g/mol. The molecule has 1 N–H and O–H groups in total. The van der Waals surface area contributed by atoms with Crippen LogP contribution in [0.15, 0.2) is 22.0 Å². The number of aryl methyl sites for hydroxylation is 1. The number of nitrogens with zero attached hydrogens (tertiary/aromatic N) is 2. The second-order valence-electron chi connectivity index (χ2n) is 4.84. The van der Waals surface area contributed by atoms with Crippen molar-refractivity contribution in [3.63, 3.8) is 0 Å². The lowest BCUT2D eigenvalue weighted by atomic mass is 10.1. The minimum atomic E-state index is -0.475. The Morgan fingerprint density at radius 2 is 1.82 bits per heavy atom. The van der Waals surface area contributed by atoms with Crippen LogP contribution < -0.4 is 16.4 Å². The topological polar surface area (TPSA) is 56.0 Å². The fourth-order valence-electron chi connectivity index (χ4n) is 1.57. The van der Waals surface area contributed by atoms with E-state index in [1.165, 1.54) is 9.13 Å². The van der Waals surface area contributed by atoms with Gasteiger partial charge >= 0.3 is 11.1 Å². The van der Waals surface area contributed by atoms with Gasteiger partial charge in [0.15, 0.2) is 0 Å². The minimum absolute atomic E-state index is 0.308. The molecule has 0 aliphatic heterocycles. The van der Waals surface area contributed by atoms with E-state index in [0.717, 1.165) is 6.54 Å². The van der Waals surface area contributed by atoms with Crippen LogP contribution in [-0.4, -0.2) is 21.7 Å².